The van der Waals surface area contributed by atoms with Gasteiger partial charge in [0, 0.05) is 29.7 Å². The molecular weight excluding hydrogens is 310 g/mol. The molecule has 0 fully saturated rings. The van der Waals surface area contributed by atoms with Crippen LogP contribution in [-0.2, 0) is 6.42 Å². The number of aromatic nitrogens is 1. The predicted octanol–water partition coefficient (Wildman–Crippen LogP) is 3.70. The first-order valence-corrected chi connectivity index (χ1v) is 7.96. The number of halogens is 2. The molecule has 2 aromatic carbocycles. The second-order valence-electron chi connectivity index (χ2n) is 6.02. The van der Waals surface area contributed by atoms with E-state index in [0.717, 1.165) is 35.0 Å². The summed E-state index contributed by atoms with van der Waals surface area (Å²) in [4.78, 5) is 3.22. The highest BCUT2D eigenvalue weighted by Crippen LogP contribution is 2.21. The van der Waals surface area contributed by atoms with Crippen LogP contribution in [0.3, 0.4) is 0 Å². The normalized spacial score (nSPS) is 14.0. The van der Waals surface area contributed by atoms with Crippen LogP contribution < -0.4 is 5.32 Å². The number of benzene rings is 2. The van der Waals surface area contributed by atoms with Gasteiger partial charge in [-0.25, -0.2) is 8.78 Å². The lowest BCUT2D eigenvalue weighted by Crippen LogP contribution is -2.32. The fourth-order valence-electron chi connectivity index (χ4n) is 2.95. The molecule has 0 saturated carbocycles. The molecule has 0 aliphatic carbocycles. The van der Waals surface area contributed by atoms with Gasteiger partial charge in [-0.05, 0) is 37.1 Å². The topological polar surface area (TPSA) is 48.0 Å². The Balaban J connectivity index is 1.62. The maximum atomic E-state index is 13.7. The minimum Gasteiger partial charge on any atom is -0.387 e. The second kappa shape index (κ2) is 7.11. The van der Waals surface area contributed by atoms with Crippen molar-refractivity contribution in [3.8, 4) is 0 Å². The monoisotopic (exact) mass is 330 g/mol. The van der Waals surface area contributed by atoms with E-state index in [-0.39, 0.29) is 18.2 Å². The SMILES string of the molecule is CC(Cc1c[nH]c2ccccc12)NCC(O)c1c(F)cccc1F. The molecule has 126 valence electrons. The number of hydrogen-bond acceptors (Lipinski definition) is 2. The Labute approximate surface area is 139 Å². The first kappa shape index (κ1) is 16.6. The van der Waals surface area contributed by atoms with Crippen LogP contribution in [0.15, 0.2) is 48.7 Å². The molecule has 3 nitrogen and oxygen atoms in total. The van der Waals surface area contributed by atoms with E-state index in [2.05, 4.69) is 16.4 Å². The zero-order chi connectivity index (χ0) is 17.1. The number of H-pyrrole nitrogens is 1. The predicted molar refractivity (Wildman–Crippen MR) is 90.8 cm³/mol. The highest BCUT2D eigenvalue weighted by Gasteiger charge is 2.18. The Bertz CT molecular complexity index is 811. The van der Waals surface area contributed by atoms with Gasteiger partial charge in [-0.1, -0.05) is 24.3 Å². The average Bonchev–Trinajstić information content (AvgIpc) is 2.96. The van der Waals surface area contributed by atoms with Gasteiger partial charge >= 0.3 is 0 Å². The lowest BCUT2D eigenvalue weighted by Gasteiger charge is -2.18. The molecule has 1 heterocycles. The summed E-state index contributed by atoms with van der Waals surface area (Å²) in [5, 5.41) is 14.4. The minimum absolute atomic E-state index is 0.0497. The van der Waals surface area contributed by atoms with Gasteiger partial charge in [0.25, 0.3) is 0 Å². The van der Waals surface area contributed by atoms with E-state index in [1.807, 2.05) is 31.3 Å². The van der Waals surface area contributed by atoms with Crippen molar-refractivity contribution >= 4 is 10.9 Å². The Hall–Kier alpha value is -2.24. The van der Waals surface area contributed by atoms with Crippen LogP contribution in [0.25, 0.3) is 10.9 Å². The number of fused-ring (bicyclic) bond motifs is 1. The molecule has 0 saturated heterocycles. The summed E-state index contributed by atoms with van der Waals surface area (Å²) < 4.78 is 27.3. The van der Waals surface area contributed by atoms with E-state index in [4.69, 9.17) is 0 Å². The zero-order valence-electron chi connectivity index (χ0n) is 13.4. The highest BCUT2D eigenvalue weighted by atomic mass is 19.1. The average molecular weight is 330 g/mol. The van der Waals surface area contributed by atoms with Crippen LogP contribution in [0.1, 0.15) is 24.2 Å². The molecule has 0 bridgehead atoms. The first-order valence-electron chi connectivity index (χ1n) is 7.96. The van der Waals surface area contributed by atoms with Crippen molar-refractivity contribution in [2.75, 3.05) is 6.54 Å². The van der Waals surface area contributed by atoms with Gasteiger partial charge in [-0.15, -0.1) is 0 Å². The molecule has 0 aliphatic rings. The van der Waals surface area contributed by atoms with E-state index >= 15 is 0 Å². The van der Waals surface area contributed by atoms with Gasteiger partial charge in [-0.2, -0.15) is 0 Å². The lowest BCUT2D eigenvalue weighted by atomic mass is 10.0. The van der Waals surface area contributed by atoms with Gasteiger partial charge in [0.15, 0.2) is 0 Å². The fraction of sp³-hybridized carbons (Fsp3) is 0.263. The molecule has 3 rings (SSSR count). The Morgan fingerprint density at radius 3 is 2.54 bits per heavy atom. The quantitative estimate of drug-likeness (QED) is 0.645. The number of aromatic amines is 1. The van der Waals surface area contributed by atoms with Gasteiger partial charge in [0.05, 0.1) is 11.7 Å². The molecule has 5 heteroatoms. The van der Waals surface area contributed by atoms with Gasteiger partial charge < -0.3 is 15.4 Å². The molecule has 0 amide bonds. The number of hydrogen-bond donors (Lipinski definition) is 3. The Morgan fingerprint density at radius 1 is 1.08 bits per heavy atom. The summed E-state index contributed by atoms with van der Waals surface area (Å²) in [6, 6.07) is 11.7. The van der Waals surface area contributed by atoms with Crippen molar-refractivity contribution in [3.05, 3.63) is 71.4 Å². The van der Waals surface area contributed by atoms with E-state index in [9.17, 15) is 13.9 Å². The molecule has 0 aliphatic heterocycles. The molecule has 0 spiro atoms. The van der Waals surface area contributed by atoms with E-state index in [0.29, 0.717) is 0 Å². The summed E-state index contributed by atoms with van der Waals surface area (Å²) in [6.45, 7) is 2.06. The number of nitrogens with one attached hydrogen (secondary N) is 2. The number of para-hydroxylation sites is 1. The van der Waals surface area contributed by atoms with Crippen molar-refractivity contribution < 1.29 is 13.9 Å². The first-order chi connectivity index (χ1) is 11.6. The number of rotatable bonds is 6. The van der Waals surface area contributed by atoms with Crippen molar-refractivity contribution in [2.24, 2.45) is 0 Å². The smallest absolute Gasteiger partial charge is 0.131 e. The van der Waals surface area contributed by atoms with Crippen molar-refractivity contribution in [1.82, 2.24) is 10.3 Å². The van der Waals surface area contributed by atoms with E-state index < -0.39 is 17.7 Å². The van der Waals surface area contributed by atoms with E-state index in [1.54, 1.807) is 0 Å². The van der Waals surface area contributed by atoms with Gasteiger partial charge in [-0.3, -0.25) is 0 Å². The molecular formula is C19H20F2N2O. The molecule has 2 unspecified atom stereocenters. The fourth-order valence-corrected chi connectivity index (χ4v) is 2.95. The van der Waals surface area contributed by atoms with Gasteiger partial charge in [0.2, 0.25) is 0 Å². The van der Waals surface area contributed by atoms with Gasteiger partial charge in [0.1, 0.15) is 11.6 Å². The minimum atomic E-state index is -1.23. The Morgan fingerprint density at radius 2 is 1.79 bits per heavy atom. The number of aliphatic hydroxyl groups is 1. The summed E-state index contributed by atoms with van der Waals surface area (Å²) in [5.74, 6) is -1.46. The van der Waals surface area contributed by atoms with Crippen LogP contribution in [0, 0.1) is 11.6 Å². The van der Waals surface area contributed by atoms with Crippen LogP contribution in [0.2, 0.25) is 0 Å². The molecule has 1 aromatic heterocycles. The van der Waals surface area contributed by atoms with Crippen LogP contribution in [-0.4, -0.2) is 22.7 Å². The zero-order valence-corrected chi connectivity index (χ0v) is 13.4. The van der Waals surface area contributed by atoms with Crippen LogP contribution >= 0.6 is 0 Å². The third-order valence-corrected chi connectivity index (χ3v) is 4.19. The second-order valence-corrected chi connectivity index (χ2v) is 6.02. The lowest BCUT2D eigenvalue weighted by molar-refractivity contribution is 0.161. The van der Waals surface area contributed by atoms with Crippen LogP contribution in [0.4, 0.5) is 8.78 Å². The summed E-state index contributed by atoms with van der Waals surface area (Å²) in [5.41, 5.74) is 1.95. The summed E-state index contributed by atoms with van der Waals surface area (Å²) in [6.07, 6.45) is 1.49. The summed E-state index contributed by atoms with van der Waals surface area (Å²) >= 11 is 0. The third-order valence-electron chi connectivity index (χ3n) is 4.19. The maximum absolute atomic E-state index is 13.7. The third kappa shape index (κ3) is 3.47. The summed E-state index contributed by atoms with van der Waals surface area (Å²) in [7, 11) is 0. The van der Waals surface area contributed by atoms with E-state index in [1.165, 1.54) is 6.07 Å². The molecule has 3 N–H and O–H groups in total. The van der Waals surface area contributed by atoms with Crippen molar-refractivity contribution in [3.63, 3.8) is 0 Å². The van der Waals surface area contributed by atoms with Crippen molar-refractivity contribution in [2.45, 2.75) is 25.5 Å². The van der Waals surface area contributed by atoms with Crippen molar-refractivity contribution in [1.29, 1.82) is 0 Å². The molecule has 0 radical (unpaired) electrons. The highest BCUT2D eigenvalue weighted by molar-refractivity contribution is 5.83. The maximum Gasteiger partial charge on any atom is 0.131 e. The largest absolute Gasteiger partial charge is 0.387 e. The standard InChI is InChI=1S/C19H20F2N2O/c1-12(9-13-10-23-17-8-3-2-5-14(13)17)22-11-18(24)19-15(20)6-4-7-16(19)21/h2-8,10,12,18,22-24H,9,11H2,1H3. The van der Waals surface area contributed by atoms with Crippen LogP contribution in [0.5, 0.6) is 0 Å². The molecule has 2 atom stereocenters. The molecule has 24 heavy (non-hydrogen) atoms. The molecule has 3 aromatic rings. The number of aliphatic hydroxyl groups excluding tert-OH is 1. The Kier molecular flexibility index (Phi) is 4.92.